The van der Waals surface area contributed by atoms with Crippen molar-refractivity contribution in [3.8, 4) is 23.8 Å². The molecule has 0 aromatic heterocycles. The van der Waals surface area contributed by atoms with Gasteiger partial charge in [-0.05, 0) is 55.0 Å². The standard InChI is InChI=1S/C18H17FN2O2/c1-3-11-23-17-10-5-14(12-18(17)22-4-2)13-20-21-16-8-6-15(19)7-9-16/h1,5-10,12-13,21H,4,11H2,2H3/b20-13-. The van der Waals surface area contributed by atoms with Gasteiger partial charge in [-0.1, -0.05) is 5.92 Å². The van der Waals surface area contributed by atoms with Crippen molar-refractivity contribution >= 4 is 11.9 Å². The third kappa shape index (κ3) is 5.04. The monoisotopic (exact) mass is 312 g/mol. The van der Waals surface area contributed by atoms with Gasteiger partial charge < -0.3 is 9.47 Å². The van der Waals surface area contributed by atoms with Gasteiger partial charge in [0.25, 0.3) is 0 Å². The molecule has 0 aliphatic heterocycles. The van der Waals surface area contributed by atoms with Crippen LogP contribution >= 0.6 is 0 Å². The lowest BCUT2D eigenvalue weighted by Crippen LogP contribution is -2.00. The number of benzene rings is 2. The number of ether oxygens (including phenoxy) is 2. The molecule has 0 spiro atoms. The largest absolute Gasteiger partial charge is 0.490 e. The highest BCUT2D eigenvalue weighted by atomic mass is 19.1. The van der Waals surface area contributed by atoms with Crippen molar-refractivity contribution in [2.45, 2.75) is 6.92 Å². The molecule has 0 amide bonds. The van der Waals surface area contributed by atoms with Gasteiger partial charge in [-0.3, -0.25) is 5.43 Å². The first-order valence-electron chi connectivity index (χ1n) is 7.10. The van der Waals surface area contributed by atoms with Gasteiger partial charge >= 0.3 is 0 Å². The minimum Gasteiger partial charge on any atom is -0.490 e. The van der Waals surface area contributed by atoms with Gasteiger partial charge in [0.15, 0.2) is 11.5 Å². The van der Waals surface area contributed by atoms with E-state index in [0.717, 1.165) is 5.56 Å². The molecule has 0 fully saturated rings. The summed E-state index contributed by atoms with van der Waals surface area (Å²) in [5.74, 6) is 3.32. The number of hydrogen-bond acceptors (Lipinski definition) is 4. The van der Waals surface area contributed by atoms with Crippen LogP contribution in [0.4, 0.5) is 10.1 Å². The van der Waals surface area contributed by atoms with Gasteiger partial charge in [-0.2, -0.15) is 5.10 Å². The second kappa shape index (κ2) is 8.44. The fourth-order valence-corrected chi connectivity index (χ4v) is 1.82. The molecular weight excluding hydrogens is 295 g/mol. The number of nitrogens with zero attached hydrogens (tertiary/aromatic N) is 1. The predicted octanol–water partition coefficient (Wildman–Crippen LogP) is 3.68. The SMILES string of the molecule is C#CCOc1ccc(/C=N\Nc2ccc(F)cc2)cc1OCC. The van der Waals surface area contributed by atoms with E-state index in [1.807, 2.05) is 19.1 Å². The van der Waals surface area contributed by atoms with E-state index in [-0.39, 0.29) is 12.4 Å². The normalized spacial score (nSPS) is 10.3. The lowest BCUT2D eigenvalue weighted by molar-refractivity contribution is 0.299. The van der Waals surface area contributed by atoms with Crippen LogP contribution in [0.3, 0.4) is 0 Å². The zero-order valence-electron chi connectivity index (χ0n) is 12.8. The molecule has 0 aliphatic carbocycles. The molecular formula is C18H17FN2O2. The van der Waals surface area contributed by atoms with E-state index in [4.69, 9.17) is 15.9 Å². The Morgan fingerprint density at radius 3 is 2.65 bits per heavy atom. The van der Waals surface area contributed by atoms with Crippen molar-refractivity contribution in [2.75, 3.05) is 18.6 Å². The smallest absolute Gasteiger partial charge is 0.162 e. The summed E-state index contributed by atoms with van der Waals surface area (Å²) in [4.78, 5) is 0. The van der Waals surface area contributed by atoms with E-state index >= 15 is 0 Å². The average Bonchev–Trinajstić information content (AvgIpc) is 2.56. The van der Waals surface area contributed by atoms with E-state index in [0.29, 0.717) is 23.8 Å². The molecule has 2 rings (SSSR count). The molecule has 1 N–H and O–H groups in total. The summed E-state index contributed by atoms with van der Waals surface area (Å²) in [6, 6.07) is 11.4. The third-order valence-corrected chi connectivity index (χ3v) is 2.83. The Kier molecular flexibility index (Phi) is 6.01. The summed E-state index contributed by atoms with van der Waals surface area (Å²) in [7, 11) is 0. The Morgan fingerprint density at radius 1 is 1.17 bits per heavy atom. The van der Waals surface area contributed by atoms with Crippen LogP contribution < -0.4 is 14.9 Å². The maximum atomic E-state index is 12.8. The molecule has 2 aromatic carbocycles. The molecule has 23 heavy (non-hydrogen) atoms. The van der Waals surface area contributed by atoms with Crippen molar-refractivity contribution in [1.29, 1.82) is 0 Å². The van der Waals surface area contributed by atoms with E-state index in [1.165, 1.54) is 12.1 Å². The molecule has 4 nitrogen and oxygen atoms in total. The Hall–Kier alpha value is -3.00. The van der Waals surface area contributed by atoms with E-state index in [9.17, 15) is 4.39 Å². The first-order chi connectivity index (χ1) is 11.2. The second-order valence-corrected chi connectivity index (χ2v) is 4.51. The Bertz CT molecular complexity index is 706. The fourth-order valence-electron chi connectivity index (χ4n) is 1.82. The minimum absolute atomic E-state index is 0.180. The molecule has 0 saturated carbocycles. The number of halogens is 1. The lowest BCUT2D eigenvalue weighted by Gasteiger charge is -2.10. The number of rotatable bonds is 7. The molecule has 5 heteroatoms. The van der Waals surface area contributed by atoms with E-state index in [1.54, 1.807) is 24.4 Å². The number of hydrogen-bond donors (Lipinski definition) is 1. The van der Waals surface area contributed by atoms with E-state index in [2.05, 4.69) is 16.4 Å². The Morgan fingerprint density at radius 2 is 1.96 bits per heavy atom. The van der Waals surface area contributed by atoms with Crippen LogP contribution in [0, 0.1) is 18.2 Å². The predicted molar refractivity (Wildman–Crippen MR) is 89.6 cm³/mol. The Labute approximate surface area is 134 Å². The van der Waals surface area contributed by atoms with Crippen LogP contribution in [0.1, 0.15) is 12.5 Å². The zero-order chi connectivity index (χ0) is 16.5. The molecule has 0 radical (unpaired) electrons. The van der Waals surface area contributed by atoms with E-state index < -0.39 is 0 Å². The van der Waals surface area contributed by atoms with Crippen molar-refractivity contribution in [2.24, 2.45) is 5.10 Å². The first-order valence-corrected chi connectivity index (χ1v) is 7.10. The summed E-state index contributed by atoms with van der Waals surface area (Å²) in [5.41, 5.74) is 4.35. The van der Waals surface area contributed by atoms with Crippen molar-refractivity contribution in [1.82, 2.24) is 0 Å². The van der Waals surface area contributed by atoms with Crippen LogP contribution in [0.15, 0.2) is 47.6 Å². The van der Waals surface area contributed by atoms with Crippen LogP contribution in [0.5, 0.6) is 11.5 Å². The van der Waals surface area contributed by atoms with Crippen LogP contribution in [0.25, 0.3) is 0 Å². The highest BCUT2D eigenvalue weighted by Crippen LogP contribution is 2.28. The van der Waals surface area contributed by atoms with Crippen molar-refractivity contribution in [3.05, 3.63) is 53.8 Å². The zero-order valence-corrected chi connectivity index (χ0v) is 12.8. The first kappa shape index (κ1) is 16.4. The fraction of sp³-hybridized carbons (Fsp3) is 0.167. The molecule has 0 saturated heterocycles. The topological polar surface area (TPSA) is 42.8 Å². The highest BCUT2D eigenvalue weighted by Gasteiger charge is 2.05. The molecule has 0 atom stereocenters. The summed E-state index contributed by atoms with van der Waals surface area (Å²) >= 11 is 0. The maximum Gasteiger partial charge on any atom is 0.162 e. The minimum atomic E-state index is -0.288. The van der Waals surface area contributed by atoms with Crippen LogP contribution in [-0.4, -0.2) is 19.4 Å². The van der Waals surface area contributed by atoms with Crippen LogP contribution in [0.2, 0.25) is 0 Å². The molecule has 0 heterocycles. The number of terminal acetylenes is 1. The molecule has 2 aromatic rings. The summed E-state index contributed by atoms with van der Waals surface area (Å²) < 4.78 is 23.8. The summed E-state index contributed by atoms with van der Waals surface area (Å²) in [5, 5.41) is 4.11. The quantitative estimate of drug-likeness (QED) is 0.482. The molecule has 118 valence electrons. The number of nitrogens with one attached hydrogen (secondary N) is 1. The van der Waals surface area contributed by atoms with Crippen molar-refractivity contribution in [3.63, 3.8) is 0 Å². The summed E-state index contributed by atoms with van der Waals surface area (Å²) in [6.45, 7) is 2.59. The third-order valence-electron chi connectivity index (χ3n) is 2.83. The summed E-state index contributed by atoms with van der Waals surface area (Å²) in [6.07, 6.45) is 6.83. The van der Waals surface area contributed by atoms with Gasteiger partial charge in [0.1, 0.15) is 12.4 Å². The van der Waals surface area contributed by atoms with Crippen LogP contribution in [-0.2, 0) is 0 Å². The van der Waals surface area contributed by atoms with Crippen molar-refractivity contribution < 1.29 is 13.9 Å². The van der Waals surface area contributed by atoms with Gasteiger partial charge in [-0.15, -0.1) is 6.42 Å². The van der Waals surface area contributed by atoms with Gasteiger partial charge in [-0.25, -0.2) is 4.39 Å². The number of hydrazone groups is 1. The number of anilines is 1. The second-order valence-electron chi connectivity index (χ2n) is 4.51. The maximum absolute atomic E-state index is 12.8. The highest BCUT2D eigenvalue weighted by molar-refractivity contribution is 5.81. The average molecular weight is 312 g/mol. The molecule has 0 aliphatic rings. The molecule has 0 unspecified atom stereocenters. The Balaban J connectivity index is 2.06. The van der Waals surface area contributed by atoms with Gasteiger partial charge in [0, 0.05) is 0 Å². The van der Waals surface area contributed by atoms with Gasteiger partial charge in [0.2, 0.25) is 0 Å². The van der Waals surface area contributed by atoms with Gasteiger partial charge in [0.05, 0.1) is 18.5 Å². The lowest BCUT2D eigenvalue weighted by atomic mass is 10.2. The molecule has 0 bridgehead atoms.